The van der Waals surface area contributed by atoms with Crippen molar-refractivity contribution in [2.24, 2.45) is 0 Å². The first-order valence-electron chi connectivity index (χ1n) is 5.84. The number of hydrogen-bond acceptors (Lipinski definition) is 2. The molecule has 0 atom stereocenters. The summed E-state index contributed by atoms with van der Waals surface area (Å²) in [7, 11) is 0. The second-order valence-corrected chi connectivity index (χ2v) is 4.02. The van der Waals surface area contributed by atoms with Crippen molar-refractivity contribution in [2.45, 2.75) is 0 Å². The Labute approximate surface area is 105 Å². The van der Waals surface area contributed by atoms with Gasteiger partial charge < -0.3 is 5.32 Å². The number of hydrogen-bond donors (Lipinski definition) is 2. The van der Waals surface area contributed by atoms with Gasteiger partial charge >= 0.3 is 0 Å². The van der Waals surface area contributed by atoms with Crippen LogP contribution in [0.25, 0.3) is 11.1 Å². The van der Waals surface area contributed by atoms with Crippen LogP contribution >= 0.6 is 0 Å². The molecular weight excluding hydrogens is 222 g/mol. The fraction of sp³-hybridized carbons (Fsp3) is 0. The Bertz CT molecular complexity index is 615. The van der Waals surface area contributed by atoms with Crippen molar-refractivity contribution < 1.29 is 0 Å². The second-order valence-electron chi connectivity index (χ2n) is 4.02. The van der Waals surface area contributed by atoms with Gasteiger partial charge in [0.25, 0.3) is 0 Å². The minimum atomic E-state index is 0.910. The van der Waals surface area contributed by atoms with E-state index in [9.17, 15) is 0 Å². The van der Waals surface area contributed by atoms with Crippen molar-refractivity contribution in [3.63, 3.8) is 0 Å². The molecule has 1 heterocycles. The zero-order valence-electron chi connectivity index (χ0n) is 9.80. The van der Waals surface area contributed by atoms with Crippen LogP contribution < -0.4 is 5.32 Å². The Balaban J connectivity index is 1.93. The van der Waals surface area contributed by atoms with E-state index in [0.29, 0.717) is 0 Å². The van der Waals surface area contributed by atoms with Crippen LogP contribution in [-0.2, 0) is 0 Å². The van der Waals surface area contributed by atoms with Crippen molar-refractivity contribution in [1.29, 1.82) is 0 Å². The third-order valence-corrected chi connectivity index (χ3v) is 2.77. The summed E-state index contributed by atoms with van der Waals surface area (Å²) in [4.78, 5) is 0. The Morgan fingerprint density at radius 3 is 2.22 bits per heavy atom. The number of aromatic amines is 1. The smallest absolute Gasteiger partial charge is 0.133 e. The third-order valence-electron chi connectivity index (χ3n) is 2.77. The molecule has 0 amide bonds. The molecule has 0 fully saturated rings. The molecule has 0 aliphatic rings. The molecule has 3 nitrogen and oxygen atoms in total. The minimum Gasteiger partial charge on any atom is -0.340 e. The number of anilines is 2. The predicted molar refractivity (Wildman–Crippen MR) is 73.7 cm³/mol. The van der Waals surface area contributed by atoms with Crippen LogP contribution in [0, 0.1) is 0 Å². The van der Waals surface area contributed by atoms with Gasteiger partial charge in [0.1, 0.15) is 5.82 Å². The number of benzene rings is 2. The summed E-state index contributed by atoms with van der Waals surface area (Å²) >= 11 is 0. The Kier molecular flexibility index (Phi) is 2.80. The summed E-state index contributed by atoms with van der Waals surface area (Å²) in [6.45, 7) is 0. The van der Waals surface area contributed by atoms with Gasteiger partial charge in [-0.2, -0.15) is 5.10 Å². The SMILES string of the molecule is c1ccc(Nc2[nH]ncc2-c2ccccc2)cc1. The lowest BCUT2D eigenvalue weighted by atomic mass is 10.1. The van der Waals surface area contributed by atoms with Crippen molar-refractivity contribution in [2.75, 3.05) is 5.32 Å². The zero-order chi connectivity index (χ0) is 12.2. The van der Waals surface area contributed by atoms with E-state index in [1.165, 1.54) is 0 Å². The first-order chi connectivity index (χ1) is 8.93. The average Bonchev–Trinajstić information content (AvgIpc) is 2.89. The highest BCUT2D eigenvalue weighted by Crippen LogP contribution is 2.27. The highest BCUT2D eigenvalue weighted by Gasteiger charge is 2.06. The van der Waals surface area contributed by atoms with Crippen molar-refractivity contribution >= 4 is 11.5 Å². The van der Waals surface area contributed by atoms with Crippen molar-refractivity contribution in [3.8, 4) is 11.1 Å². The standard InChI is InChI=1S/C15H13N3/c1-3-7-12(8-4-1)14-11-16-18-15(14)17-13-9-5-2-6-10-13/h1-11H,(H2,16,17,18). The molecule has 0 aliphatic carbocycles. The molecule has 0 spiro atoms. The molecule has 0 bridgehead atoms. The van der Waals surface area contributed by atoms with E-state index in [0.717, 1.165) is 22.6 Å². The molecule has 18 heavy (non-hydrogen) atoms. The first-order valence-corrected chi connectivity index (χ1v) is 5.84. The number of H-pyrrole nitrogens is 1. The Morgan fingerprint density at radius 2 is 1.50 bits per heavy atom. The number of nitrogens with one attached hydrogen (secondary N) is 2. The predicted octanol–water partition coefficient (Wildman–Crippen LogP) is 3.82. The molecule has 0 saturated heterocycles. The van der Waals surface area contributed by atoms with E-state index in [1.54, 1.807) is 0 Å². The molecular formula is C15H13N3. The number of aromatic nitrogens is 2. The monoisotopic (exact) mass is 235 g/mol. The van der Waals surface area contributed by atoms with E-state index >= 15 is 0 Å². The van der Waals surface area contributed by atoms with Crippen LogP contribution in [0.3, 0.4) is 0 Å². The van der Waals surface area contributed by atoms with Crippen molar-refractivity contribution in [3.05, 3.63) is 66.9 Å². The van der Waals surface area contributed by atoms with Crippen LogP contribution in [0.5, 0.6) is 0 Å². The van der Waals surface area contributed by atoms with E-state index < -0.39 is 0 Å². The van der Waals surface area contributed by atoms with Gasteiger partial charge in [0.15, 0.2) is 0 Å². The lowest BCUT2D eigenvalue weighted by molar-refractivity contribution is 1.09. The van der Waals surface area contributed by atoms with Crippen molar-refractivity contribution in [1.82, 2.24) is 10.2 Å². The maximum Gasteiger partial charge on any atom is 0.133 e. The summed E-state index contributed by atoms with van der Waals surface area (Å²) < 4.78 is 0. The molecule has 0 radical (unpaired) electrons. The molecule has 3 rings (SSSR count). The summed E-state index contributed by atoms with van der Waals surface area (Å²) in [5, 5.41) is 10.4. The van der Waals surface area contributed by atoms with Gasteiger partial charge in [-0.1, -0.05) is 48.5 Å². The number of rotatable bonds is 3. The van der Waals surface area contributed by atoms with Gasteiger partial charge in [-0.25, -0.2) is 0 Å². The molecule has 88 valence electrons. The minimum absolute atomic E-state index is 0.910. The molecule has 2 aromatic carbocycles. The van der Waals surface area contributed by atoms with Gasteiger partial charge in [0, 0.05) is 11.3 Å². The van der Waals surface area contributed by atoms with Crippen LogP contribution in [0.4, 0.5) is 11.5 Å². The van der Waals surface area contributed by atoms with E-state index in [-0.39, 0.29) is 0 Å². The Hall–Kier alpha value is -2.55. The van der Waals surface area contributed by atoms with Crippen LogP contribution in [0.2, 0.25) is 0 Å². The van der Waals surface area contributed by atoms with E-state index in [4.69, 9.17) is 0 Å². The molecule has 1 aromatic heterocycles. The molecule has 3 aromatic rings. The molecule has 2 N–H and O–H groups in total. The summed E-state index contributed by atoms with van der Waals surface area (Å²) in [6.07, 6.45) is 1.83. The maximum absolute atomic E-state index is 4.11. The maximum atomic E-state index is 4.11. The highest BCUT2D eigenvalue weighted by atomic mass is 15.2. The highest BCUT2D eigenvalue weighted by molar-refractivity contribution is 5.77. The summed E-state index contributed by atoms with van der Waals surface area (Å²) in [6, 6.07) is 20.2. The fourth-order valence-corrected chi connectivity index (χ4v) is 1.88. The fourth-order valence-electron chi connectivity index (χ4n) is 1.88. The van der Waals surface area contributed by atoms with Crippen LogP contribution in [0.1, 0.15) is 0 Å². The van der Waals surface area contributed by atoms with E-state index in [1.807, 2.05) is 54.7 Å². The number of para-hydroxylation sites is 1. The average molecular weight is 235 g/mol. The number of nitrogens with zero attached hydrogens (tertiary/aromatic N) is 1. The lowest BCUT2D eigenvalue weighted by Gasteiger charge is -2.06. The van der Waals surface area contributed by atoms with Gasteiger partial charge in [0.2, 0.25) is 0 Å². The largest absolute Gasteiger partial charge is 0.340 e. The zero-order valence-corrected chi connectivity index (χ0v) is 9.80. The van der Waals surface area contributed by atoms with Gasteiger partial charge in [0.05, 0.1) is 6.20 Å². The summed E-state index contributed by atoms with van der Waals surface area (Å²) in [5.74, 6) is 0.910. The van der Waals surface area contributed by atoms with Crippen LogP contribution in [0.15, 0.2) is 66.9 Å². The van der Waals surface area contributed by atoms with Crippen LogP contribution in [-0.4, -0.2) is 10.2 Å². The van der Waals surface area contributed by atoms with Gasteiger partial charge in [-0.15, -0.1) is 0 Å². The lowest BCUT2D eigenvalue weighted by Crippen LogP contribution is -1.92. The molecule has 0 aliphatic heterocycles. The topological polar surface area (TPSA) is 40.7 Å². The second kappa shape index (κ2) is 4.75. The third kappa shape index (κ3) is 2.11. The molecule has 0 saturated carbocycles. The summed E-state index contributed by atoms with van der Waals surface area (Å²) in [5.41, 5.74) is 3.25. The van der Waals surface area contributed by atoms with E-state index in [2.05, 4.69) is 27.6 Å². The van der Waals surface area contributed by atoms with Gasteiger partial charge in [-0.3, -0.25) is 5.10 Å². The Morgan fingerprint density at radius 1 is 0.833 bits per heavy atom. The van der Waals surface area contributed by atoms with Gasteiger partial charge in [-0.05, 0) is 17.7 Å². The molecule has 0 unspecified atom stereocenters. The normalized spacial score (nSPS) is 10.2. The first kappa shape index (κ1) is 10.6. The molecule has 3 heteroatoms. The quantitative estimate of drug-likeness (QED) is 0.724.